The first-order chi connectivity index (χ1) is 9.31. The number of rotatable bonds is 6. The van der Waals surface area contributed by atoms with Crippen molar-refractivity contribution in [3.63, 3.8) is 0 Å². The van der Waals surface area contributed by atoms with Crippen LogP contribution in [-0.4, -0.2) is 48.8 Å². The number of nitro benzene ring substituents is 1. The molecule has 1 aromatic carbocycles. The Morgan fingerprint density at radius 2 is 1.75 bits per heavy atom. The zero-order valence-corrected chi connectivity index (χ0v) is 11.3. The minimum absolute atomic E-state index is 0.0140. The Kier molecular flexibility index (Phi) is 5.15. The molecule has 0 heterocycles. The molecule has 0 fully saturated rings. The van der Waals surface area contributed by atoms with Crippen LogP contribution in [0.25, 0.3) is 0 Å². The predicted molar refractivity (Wildman–Crippen MR) is 73.2 cm³/mol. The van der Waals surface area contributed by atoms with Gasteiger partial charge in [-0.1, -0.05) is 0 Å². The monoisotopic (exact) mass is 280 g/mol. The molecule has 20 heavy (non-hydrogen) atoms. The lowest BCUT2D eigenvalue weighted by Crippen LogP contribution is -2.40. The summed E-state index contributed by atoms with van der Waals surface area (Å²) in [6.45, 7) is 0.0102. The Morgan fingerprint density at radius 3 is 2.20 bits per heavy atom. The fourth-order valence-corrected chi connectivity index (χ4v) is 1.60. The van der Waals surface area contributed by atoms with Crippen LogP contribution in [0.3, 0.4) is 0 Å². The molecule has 8 heteroatoms. The van der Waals surface area contributed by atoms with Crippen molar-refractivity contribution in [3.8, 4) is 0 Å². The lowest BCUT2D eigenvalue weighted by molar-refractivity contribution is -0.384. The van der Waals surface area contributed by atoms with Crippen LogP contribution < -0.4 is 10.6 Å². The third-order valence-electron chi connectivity index (χ3n) is 2.65. The van der Waals surface area contributed by atoms with Crippen molar-refractivity contribution in [1.82, 2.24) is 4.90 Å². The van der Waals surface area contributed by atoms with Gasteiger partial charge in [-0.2, -0.15) is 0 Å². The van der Waals surface area contributed by atoms with Gasteiger partial charge >= 0.3 is 0 Å². The number of benzene rings is 1. The van der Waals surface area contributed by atoms with Crippen LogP contribution in [0.15, 0.2) is 24.3 Å². The van der Waals surface area contributed by atoms with Crippen molar-refractivity contribution in [2.24, 2.45) is 5.73 Å². The molecule has 2 N–H and O–H groups in total. The first-order valence-corrected chi connectivity index (χ1v) is 5.79. The second-order valence-corrected chi connectivity index (χ2v) is 4.36. The maximum absolute atomic E-state index is 12.0. The number of likely N-dealkylation sites (N-methyl/N-ethyl adjacent to an activating group) is 2. The van der Waals surface area contributed by atoms with Crippen LogP contribution in [0.5, 0.6) is 0 Å². The van der Waals surface area contributed by atoms with E-state index in [2.05, 4.69) is 0 Å². The van der Waals surface area contributed by atoms with Gasteiger partial charge in [-0.05, 0) is 19.2 Å². The van der Waals surface area contributed by atoms with E-state index in [1.54, 1.807) is 14.1 Å². The fourth-order valence-electron chi connectivity index (χ4n) is 1.60. The normalized spacial score (nSPS) is 10.3. The van der Waals surface area contributed by atoms with Gasteiger partial charge in [0.25, 0.3) is 5.69 Å². The molecule has 1 aromatic rings. The SMILES string of the molecule is CN(CC(N)=O)CC(=O)N(C)c1ccc([N+](=O)[O-])cc1. The highest BCUT2D eigenvalue weighted by atomic mass is 16.6. The molecule has 1 rings (SSSR count). The minimum Gasteiger partial charge on any atom is -0.369 e. The summed E-state index contributed by atoms with van der Waals surface area (Å²) in [4.78, 5) is 35.6. The minimum atomic E-state index is -0.515. The average molecular weight is 280 g/mol. The number of nitrogens with two attached hydrogens (primary N) is 1. The molecule has 8 nitrogen and oxygen atoms in total. The zero-order chi connectivity index (χ0) is 15.3. The maximum atomic E-state index is 12.0. The van der Waals surface area contributed by atoms with Gasteiger partial charge in [-0.15, -0.1) is 0 Å². The van der Waals surface area contributed by atoms with E-state index in [4.69, 9.17) is 5.73 Å². The Morgan fingerprint density at radius 1 is 1.20 bits per heavy atom. The number of primary amides is 1. The second-order valence-electron chi connectivity index (χ2n) is 4.36. The van der Waals surface area contributed by atoms with Crippen LogP contribution in [-0.2, 0) is 9.59 Å². The van der Waals surface area contributed by atoms with Crippen molar-refractivity contribution in [3.05, 3.63) is 34.4 Å². The van der Waals surface area contributed by atoms with E-state index in [0.29, 0.717) is 5.69 Å². The standard InChI is InChI=1S/C12H16N4O4/c1-14(7-11(13)17)8-12(18)15(2)9-3-5-10(6-4-9)16(19)20/h3-6H,7-8H2,1-2H3,(H2,13,17). The number of amides is 2. The smallest absolute Gasteiger partial charge is 0.269 e. The topological polar surface area (TPSA) is 110 Å². The lowest BCUT2D eigenvalue weighted by atomic mass is 10.2. The van der Waals surface area contributed by atoms with Gasteiger partial charge in [0, 0.05) is 24.9 Å². The summed E-state index contributed by atoms with van der Waals surface area (Å²) in [5.74, 6) is -0.763. The molecule has 0 bridgehead atoms. The highest BCUT2D eigenvalue weighted by Gasteiger charge is 2.15. The number of non-ortho nitro benzene ring substituents is 1. The Balaban J connectivity index is 2.69. The number of carbonyl (C=O) groups is 2. The molecular formula is C12H16N4O4. The Bertz CT molecular complexity index is 515. The highest BCUT2D eigenvalue weighted by Crippen LogP contribution is 2.18. The third kappa shape index (κ3) is 4.32. The van der Waals surface area contributed by atoms with E-state index in [9.17, 15) is 19.7 Å². The van der Waals surface area contributed by atoms with Crippen LogP contribution in [0.2, 0.25) is 0 Å². The zero-order valence-electron chi connectivity index (χ0n) is 11.3. The molecule has 0 unspecified atom stereocenters. The van der Waals surface area contributed by atoms with Crippen molar-refractivity contribution < 1.29 is 14.5 Å². The summed E-state index contributed by atoms with van der Waals surface area (Å²) in [6.07, 6.45) is 0. The summed E-state index contributed by atoms with van der Waals surface area (Å²) in [5, 5.41) is 10.5. The van der Waals surface area contributed by atoms with Crippen LogP contribution >= 0.6 is 0 Å². The molecule has 0 saturated carbocycles. The second kappa shape index (κ2) is 6.62. The van der Waals surface area contributed by atoms with Crippen LogP contribution in [0.1, 0.15) is 0 Å². The summed E-state index contributed by atoms with van der Waals surface area (Å²) in [5.41, 5.74) is 5.53. The summed E-state index contributed by atoms with van der Waals surface area (Å²) in [6, 6.07) is 5.63. The summed E-state index contributed by atoms with van der Waals surface area (Å²) < 4.78 is 0. The van der Waals surface area contributed by atoms with Crippen LogP contribution in [0, 0.1) is 10.1 Å². The summed E-state index contributed by atoms with van der Waals surface area (Å²) >= 11 is 0. The number of anilines is 1. The first-order valence-electron chi connectivity index (χ1n) is 5.79. The molecule has 2 amide bonds. The maximum Gasteiger partial charge on any atom is 0.269 e. The first kappa shape index (κ1) is 15.6. The van der Waals surface area contributed by atoms with E-state index >= 15 is 0 Å². The van der Waals surface area contributed by atoms with Gasteiger partial charge in [0.1, 0.15) is 0 Å². The molecular weight excluding hydrogens is 264 g/mol. The van der Waals surface area contributed by atoms with Crippen molar-refractivity contribution in [1.29, 1.82) is 0 Å². The van der Waals surface area contributed by atoms with Gasteiger partial charge in [-0.25, -0.2) is 0 Å². The largest absolute Gasteiger partial charge is 0.369 e. The van der Waals surface area contributed by atoms with Gasteiger partial charge in [-0.3, -0.25) is 24.6 Å². The van der Waals surface area contributed by atoms with E-state index in [1.165, 1.54) is 34.1 Å². The number of nitrogens with zero attached hydrogens (tertiary/aromatic N) is 3. The van der Waals surface area contributed by atoms with Crippen molar-refractivity contribution in [2.45, 2.75) is 0 Å². The van der Waals surface area contributed by atoms with Crippen molar-refractivity contribution in [2.75, 3.05) is 32.1 Å². The molecule has 0 spiro atoms. The fraction of sp³-hybridized carbons (Fsp3) is 0.333. The number of hydrogen-bond donors (Lipinski definition) is 1. The van der Waals surface area contributed by atoms with Gasteiger partial charge in [0.05, 0.1) is 18.0 Å². The summed E-state index contributed by atoms with van der Waals surface area (Å²) in [7, 11) is 3.16. The molecule has 0 aromatic heterocycles. The Labute approximate surface area is 115 Å². The van der Waals surface area contributed by atoms with E-state index in [-0.39, 0.29) is 24.7 Å². The van der Waals surface area contributed by atoms with Crippen molar-refractivity contribution >= 4 is 23.2 Å². The van der Waals surface area contributed by atoms with E-state index < -0.39 is 10.8 Å². The molecule has 0 aliphatic heterocycles. The molecule has 0 radical (unpaired) electrons. The quantitative estimate of drug-likeness (QED) is 0.581. The average Bonchev–Trinajstić information content (AvgIpc) is 2.36. The molecule has 108 valence electrons. The molecule has 0 aliphatic carbocycles. The molecule has 0 saturated heterocycles. The predicted octanol–water partition coefficient (Wildman–Crippen LogP) is -0.0253. The van der Waals surface area contributed by atoms with E-state index in [1.807, 2.05) is 0 Å². The third-order valence-corrected chi connectivity index (χ3v) is 2.65. The van der Waals surface area contributed by atoms with Gasteiger partial charge in [0.2, 0.25) is 11.8 Å². The van der Waals surface area contributed by atoms with Crippen LogP contribution in [0.4, 0.5) is 11.4 Å². The molecule has 0 aliphatic rings. The number of carbonyl (C=O) groups excluding carboxylic acids is 2. The molecule has 0 atom stereocenters. The van der Waals surface area contributed by atoms with E-state index in [0.717, 1.165) is 0 Å². The van der Waals surface area contributed by atoms with Gasteiger partial charge < -0.3 is 10.6 Å². The Hall–Kier alpha value is -2.48. The lowest BCUT2D eigenvalue weighted by Gasteiger charge is -2.21. The number of nitro groups is 1. The van der Waals surface area contributed by atoms with Gasteiger partial charge in [0.15, 0.2) is 0 Å². The number of hydrogen-bond acceptors (Lipinski definition) is 5. The highest BCUT2D eigenvalue weighted by molar-refractivity contribution is 5.94.